The molecule has 0 saturated heterocycles. The van der Waals surface area contributed by atoms with Crippen molar-refractivity contribution in [1.29, 1.82) is 0 Å². The molecule has 1 aliphatic rings. The lowest BCUT2D eigenvalue weighted by Gasteiger charge is -2.24. The van der Waals surface area contributed by atoms with Gasteiger partial charge in [-0.3, -0.25) is 19.7 Å². The molecule has 3 atom stereocenters. The van der Waals surface area contributed by atoms with Gasteiger partial charge in [0.05, 0.1) is 24.0 Å². The summed E-state index contributed by atoms with van der Waals surface area (Å²) in [7, 11) is -3.76. The third kappa shape index (κ3) is 9.67. The Balaban J connectivity index is 0.000000283. The minimum absolute atomic E-state index is 0.0216. The van der Waals surface area contributed by atoms with Crippen LogP contribution in [-0.2, 0) is 40.2 Å². The van der Waals surface area contributed by atoms with E-state index >= 15 is 0 Å². The van der Waals surface area contributed by atoms with Gasteiger partial charge in [0.1, 0.15) is 12.2 Å². The van der Waals surface area contributed by atoms with E-state index in [9.17, 15) is 28.1 Å². The standard InChI is InChI=1S/C17H20O5.C7H7NO4S/c1-12(18)21-16-8-9-17(22-13(2)19)15(16)11-20-10-14-6-4-3-5-7-14;9-8(10)6-13(11,12)7-4-2-1-3-5-7/h3-9,15-17H,10-11H2,1-2H3;1-5H,6H2/t15?,16-,17+;. The summed E-state index contributed by atoms with van der Waals surface area (Å²) in [6.45, 7) is 3.50. The third-order valence-corrected chi connectivity index (χ3v) is 6.28. The quantitative estimate of drug-likeness (QED) is 0.218. The highest BCUT2D eigenvalue weighted by Gasteiger charge is 2.36. The first-order valence-electron chi connectivity index (χ1n) is 10.6. The number of benzene rings is 2. The highest BCUT2D eigenvalue weighted by atomic mass is 32.2. The van der Waals surface area contributed by atoms with Gasteiger partial charge >= 0.3 is 17.8 Å². The van der Waals surface area contributed by atoms with E-state index in [1.807, 2.05) is 30.3 Å². The third-order valence-electron chi connectivity index (χ3n) is 4.74. The summed E-state index contributed by atoms with van der Waals surface area (Å²) in [5, 5.41) is 10.0. The average Bonchev–Trinajstić information content (AvgIpc) is 3.14. The van der Waals surface area contributed by atoms with Gasteiger partial charge in [0.25, 0.3) is 0 Å². The smallest absolute Gasteiger partial charge is 0.305 e. The Morgan fingerprint density at radius 1 is 0.886 bits per heavy atom. The molecule has 2 aromatic carbocycles. The van der Waals surface area contributed by atoms with Crippen molar-refractivity contribution in [3.05, 3.63) is 88.5 Å². The molecule has 188 valence electrons. The zero-order chi connectivity index (χ0) is 25.8. The van der Waals surface area contributed by atoms with E-state index in [-0.39, 0.29) is 22.8 Å². The lowest BCUT2D eigenvalue weighted by Crippen LogP contribution is -2.34. The molecule has 0 amide bonds. The number of carbonyl (C=O) groups excluding carboxylic acids is 2. The summed E-state index contributed by atoms with van der Waals surface area (Å²) < 4.78 is 38.6. The van der Waals surface area contributed by atoms with Crippen LogP contribution in [0.1, 0.15) is 19.4 Å². The summed E-state index contributed by atoms with van der Waals surface area (Å²) in [4.78, 5) is 31.5. The summed E-state index contributed by atoms with van der Waals surface area (Å²) in [6, 6.07) is 17.1. The second-order valence-electron chi connectivity index (χ2n) is 7.59. The Bertz CT molecular complexity index is 1090. The van der Waals surface area contributed by atoms with Gasteiger partial charge in [-0.15, -0.1) is 0 Å². The van der Waals surface area contributed by atoms with E-state index in [1.54, 1.807) is 18.2 Å². The molecule has 1 aliphatic carbocycles. The van der Waals surface area contributed by atoms with Crippen molar-refractivity contribution in [3.8, 4) is 0 Å². The number of esters is 2. The molecule has 0 saturated carbocycles. The van der Waals surface area contributed by atoms with Crippen LogP contribution in [-0.4, -0.2) is 50.0 Å². The fourth-order valence-electron chi connectivity index (χ4n) is 3.25. The molecule has 0 N–H and O–H groups in total. The van der Waals surface area contributed by atoms with Gasteiger partial charge in [0, 0.05) is 18.8 Å². The van der Waals surface area contributed by atoms with Gasteiger partial charge in [-0.05, 0) is 29.8 Å². The van der Waals surface area contributed by atoms with Crippen LogP contribution >= 0.6 is 0 Å². The number of rotatable bonds is 9. The van der Waals surface area contributed by atoms with Crippen LogP contribution in [0.15, 0.2) is 77.7 Å². The molecule has 1 unspecified atom stereocenters. The molecule has 3 rings (SSSR count). The molecule has 0 radical (unpaired) electrons. The maximum atomic E-state index is 11.2. The zero-order valence-corrected chi connectivity index (χ0v) is 20.1. The minimum Gasteiger partial charge on any atom is -0.458 e. The number of sulfone groups is 1. The Kier molecular flexibility index (Phi) is 10.6. The van der Waals surface area contributed by atoms with Crippen LogP contribution in [0.3, 0.4) is 0 Å². The fraction of sp³-hybridized carbons (Fsp3) is 0.333. The van der Waals surface area contributed by atoms with Crippen LogP contribution in [0.2, 0.25) is 0 Å². The van der Waals surface area contributed by atoms with Crippen LogP contribution in [0.5, 0.6) is 0 Å². The molecule has 10 nitrogen and oxygen atoms in total. The number of hydrogen-bond acceptors (Lipinski definition) is 9. The number of nitrogens with zero attached hydrogens (tertiary/aromatic N) is 1. The van der Waals surface area contributed by atoms with Crippen LogP contribution in [0, 0.1) is 16.0 Å². The number of carbonyl (C=O) groups is 2. The lowest BCUT2D eigenvalue weighted by atomic mass is 10.0. The fourth-order valence-corrected chi connectivity index (χ4v) is 4.24. The van der Waals surface area contributed by atoms with Gasteiger partial charge in [-0.1, -0.05) is 48.5 Å². The first-order chi connectivity index (χ1) is 16.6. The van der Waals surface area contributed by atoms with Crippen molar-refractivity contribution in [2.75, 3.05) is 12.5 Å². The molecular weight excluding hydrogens is 478 g/mol. The van der Waals surface area contributed by atoms with E-state index in [2.05, 4.69) is 0 Å². The van der Waals surface area contributed by atoms with Crippen molar-refractivity contribution in [1.82, 2.24) is 0 Å². The first-order valence-corrected chi connectivity index (χ1v) is 12.3. The minimum atomic E-state index is -3.76. The van der Waals surface area contributed by atoms with Crippen molar-refractivity contribution >= 4 is 21.8 Å². The monoisotopic (exact) mass is 505 g/mol. The van der Waals surface area contributed by atoms with Gasteiger partial charge in [0.2, 0.25) is 9.84 Å². The zero-order valence-electron chi connectivity index (χ0n) is 19.3. The molecule has 0 aliphatic heterocycles. The molecule has 0 heterocycles. The summed E-state index contributed by atoms with van der Waals surface area (Å²) in [6.07, 6.45) is 2.62. The average molecular weight is 506 g/mol. The Hall–Kier alpha value is -3.57. The predicted molar refractivity (Wildman–Crippen MR) is 125 cm³/mol. The molecular formula is C24H27NO9S. The lowest BCUT2D eigenvalue weighted by molar-refractivity contribution is -0.458. The van der Waals surface area contributed by atoms with E-state index in [0.717, 1.165) is 5.56 Å². The van der Waals surface area contributed by atoms with Crippen molar-refractivity contribution < 1.29 is 37.1 Å². The van der Waals surface area contributed by atoms with E-state index in [4.69, 9.17) is 14.2 Å². The summed E-state index contributed by atoms with van der Waals surface area (Å²) >= 11 is 0. The molecule has 35 heavy (non-hydrogen) atoms. The van der Waals surface area contributed by atoms with E-state index in [1.165, 1.54) is 38.1 Å². The van der Waals surface area contributed by atoms with Crippen LogP contribution in [0.25, 0.3) is 0 Å². The van der Waals surface area contributed by atoms with Gasteiger partial charge in [-0.25, -0.2) is 8.42 Å². The second kappa shape index (κ2) is 13.4. The molecule has 0 aromatic heterocycles. The largest absolute Gasteiger partial charge is 0.458 e. The Morgan fingerprint density at radius 2 is 1.37 bits per heavy atom. The van der Waals surface area contributed by atoms with Gasteiger partial charge < -0.3 is 14.2 Å². The summed E-state index contributed by atoms with van der Waals surface area (Å²) in [5.74, 6) is -2.02. The highest BCUT2D eigenvalue weighted by molar-refractivity contribution is 7.91. The van der Waals surface area contributed by atoms with Gasteiger partial charge in [0.15, 0.2) is 0 Å². The molecule has 2 aromatic rings. The van der Waals surface area contributed by atoms with Crippen molar-refractivity contribution in [2.24, 2.45) is 5.92 Å². The SMILES string of the molecule is CC(=O)O[C@H]1C=C[C@@H](OC(C)=O)C1COCc1ccccc1.O=[N+]([O-])CS(=O)(=O)c1ccccc1. The number of ether oxygens (including phenoxy) is 3. The predicted octanol–water partition coefficient (Wildman–Crippen LogP) is 2.95. The Morgan fingerprint density at radius 3 is 1.83 bits per heavy atom. The topological polar surface area (TPSA) is 139 Å². The molecule has 0 fully saturated rings. The normalized spacial score (nSPS) is 18.7. The first kappa shape index (κ1) is 27.7. The maximum absolute atomic E-state index is 11.2. The van der Waals surface area contributed by atoms with Crippen LogP contribution in [0.4, 0.5) is 0 Å². The number of nitro groups is 1. The van der Waals surface area contributed by atoms with Crippen molar-refractivity contribution in [2.45, 2.75) is 37.6 Å². The van der Waals surface area contributed by atoms with Crippen molar-refractivity contribution in [3.63, 3.8) is 0 Å². The second-order valence-corrected chi connectivity index (χ2v) is 9.55. The van der Waals surface area contributed by atoms with Crippen LogP contribution < -0.4 is 0 Å². The molecule has 0 bridgehead atoms. The van der Waals surface area contributed by atoms with E-state index in [0.29, 0.717) is 13.2 Å². The van der Waals surface area contributed by atoms with Gasteiger partial charge in [-0.2, -0.15) is 0 Å². The highest BCUT2D eigenvalue weighted by Crippen LogP contribution is 2.26. The summed E-state index contributed by atoms with van der Waals surface area (Å²) in [5.41, 5.74) is 1.06. The maximum Gasteiger partial charge on any atom is 0.305 e. The number of hydrogen-bond donors (Lipinski definition) is 0. The Labute approximate surface area is 203 Å². The molecule has 11 heteroatoms. The molecule has 0 spiro atoms. The van der Waals surface area contributed by atoms with E-state index < -0.39 is 32.8 Å².